The highest BCUT2D eigenvalue weighted by atomic mass is 19.1. The van der Waals surface area contributed by atoms with E-state index in [1.807, 2.05) is 0 Å². The Bertz CT molecular complexity index is 788. The molecular weight excluding hydrogens is 251 g/mol. The number of carboxylic acids is 1. The van der Waals surface area contributed by atoms with E-state index in [0.717, 1.165) is 11.8 Å². The molecule has 3 aromatic rings. The summed E-state index contributed by atoms with van der Waals surface area (Å²) in [5, 5.41) is 8.86. The van der Waals surface area contributed by atoms with Crippen molar-refractivity contribution in [2.75, 3.05) is 0 Å². The van der Waals surface area contributed by atoms with E-state index in [-0.39, 0.29) is 0 Å². The van der Waals surface area contributed by atoms with Gasteiger partial charge in [0, 0.05) is 6.07 Å². The average molecular weight is 260 g/mol. The molecular formula is C13H9FN2O3. The van der Waals surface area contributed by atoms with Crippen molar-refractivity contribution in [3.05, 3.63) is 41.4 Å². The Morgan fingerprint density at radius 2 is 2.21 bits per heavy atom. The second-order valence-electron chi connectivity index (χ2n) is 4.15. The van der Waals surface area contributed by atoms with Crippen LogP contribution in [0, 0.1) is 12.7 Å². The highest BCUT2D eigenvalue weighted by molar-refractivity contribution is 5.93. The zero-order chi connectivity index (χ0) is 13.6. The maximum Gasteiger partial charge on any atom is 0.338 e. The summed E-state index contributed by atoms with van der Waals surface area (Å²) in [7, 11) is 0. The number of halogens is 1. The lowest BCUT2D eigenvalue weighted by atomic mass is 10.2. The van der Waals surface area contributed by atoms with Gasteiger partial charge < -0.3 is 14.5 Å². The predicted molar refractivity (Wildman–Crippen MR) is 65.4 cm³/mol. The summed E-state index contributed by atoms with van der Waals surface area (Å²) in [5.74, 6) is -0.437. The largest absolute Gasteiger partial charge is 0.478 e. The summed E-state index contributed by atoms with van der Waals surface area (Å²) in [5.41, 5.74) is 0.399. The number of aryl methyl sites for hydroxylation is 1. The van der Waals surface area contributed by atoms with Crippen LogP contribution < -0.4 is 0 Å². The Labute approximate surface area is 106 Å². The molecule has 0 spiro atoms. The van der Waals surface area contributed by atoms with Gasteiger partial charge in [-0.1, -0.05) is 0 Å². The molecule has 19 heavy (non-hydrogen) atoms. The van der Waals surface area contributed by atoms with Crippen molar-refractivity contribution in [1.29, 1.82) is 0 Å². The van der Waals surface area contributed by atoms with Gasteiger partial charge in [-0.3, -0.25) is 0 Å². The minimum Gasteiger partial charge on any atom is -0.478 e. The quantitative estimate of drug-likeness (QED) is 0.742. The minimum absolute atomic E-state index is 0.378. The van der Waals surface area contributed by atoms with E-state index in [1.165, 1.54) is 6.07 Å². The summed E-state index contributed by atoms with van der Waals surface area (Å²) in [4.78, 5) is 17.9. The van der Waals surface area contributed by atoms with Crippen molar-refractivity contribution in [3.63, 3.8) is 0 Å². The molecule has 96 valence electrons. The molecule has 1 aromatic carbocycles. The molecule has 0 fully saturated rings. The van der Waals surface area contributed by atoms with Gasteiger partial charge in [-0.05, 0) is 25.1 Å². The van der Waals surface area contributed by atoms with Crippen molar-refractivity contribution in [1.82, 2.24) is 9.97 Å². The number of rotatable bonds is 2. The van der Waals surface area contributed by atoms with Crippen LogP contribution in [0.25, 0.3) is 22.6 Å². The maximum absolute atomic E-state index is 13.5. The molecule has 0 bridgehead atoms. The fraction of sp³-hybridized carbons (Fsp3) is 0.0769. The van der Waals surface area contributed by atoms with Crippen LogP contribution in [0.3, 0.4) is 0 Å². The fourth-order valence-electron chi connectivity index (χ4n) is 1.87. The van der Waals surface area contributed by atoms with Gasteiger partial charge in [0.25, 0.3) is 0 Å². The third-order valence-corrected chi connectivity index (χ3v) is 2.77. The van der Waals surface area contributed by atoms with Crippen LogP contribution >= 0.6 is 0 Å². The van der Waals surface area contributed by atoms with Gasteiger partial charge in [0.15, 0.2) is 11.6 Å². The lowest BCUT2D eigenvalue weighted by molar-refractivity contribution is 0.0692. The van der Waals surface area contributed by atoms with Crippen molar-refractivity contribution >= 4 is 17.0 Å². The molecule has 2 aromatic heterocycles. The number of carbonyl (C=O) groups is 1. The molecule has 0 saturated carbocycles. The maximum atomic E-state index is 13.5. The number of hydrogen-bond acceptors (Lipinski definition) is 3. The SMILES string of the molecule is Cc1ccc(-c2nc3cc(C(=O)O)c(F)cc3[nH]2)o1. The van der Waals surface area contributed by atoms with Crippen molar-refractivity contribution < 1.29 is 18.7 Å². The summed E-state index contributed by atoms with van der Waals surface area (Å²) >= 11 is 0. The van der Waals surface area contributed by atoms with Gasteiger partial charge in [0.2, 0.25) is 0 Å². The van der Waals surface area contributed by atoms with Crippen LogP contribution in [0.2, 0.25) is 0 Å². The van der Waals surface area contributed by atoms with Crippen LogP contribution in [0.5, 0.6) is 0 Å². The fourth-order valence-corrected chi connectivity index (χ4v) is 1.87. The zero-order valence-electron chi connectivity index (χ0n) is 9.90. The Kier molecular flexibility index (Phi) is 2.38. The zero-order valence-corrected chi connectivity index (χ0v) is 9.90. The minimum atomic E-state index is -1.32. The monoisotopic (exact) mass is 260 g/mol. The standard InChI is InChI=1S/C13H9FN2O3/c1-6-2-3-11(19-6)12-15-9-4-7(13(17)18)8(14)5-10(9)16-12/h2-5H,1H3,(H,15,16)(H,17,18). The van der Waals surface area contributed by atoms with E-state index in [0.29, 0.717) is 22.6 Å². The third kappa shape index (κ3) is 1.87. The number of hydrogen-bond donors (Lipinski definition) is 2. The third-order valence-electron chi connectivity index (χ3n) is 2.77. The molecule has 0 aliphatic heterocycles. The van der Waals surface area contributed by atoms with Crippen molar-refractivity contribution in [2.45, 2.75) is 6.92 Å². The Hall–Kier alpha value is -2.63. The normalized spacial score (nSPS) is 11.1. The number of nitrogens with zero attached hydrogens (tertiary/aromatic N) is 1. The van der Waals surface area contributed by atoms with E-state index in [9.17, 15) is 9.18 Å². The number of aromatic amines is 1. The van der Waals surface area contributed by atoms with Crippen LogP contribution in [0.15, 0.2) is 28.7 Å². The van der Waals surface area contributed by atoms with Crippen LogP contribution in [0.1, 0.15) is 16.1 Å². The smallest absolute Gasteiger partial charge is 0.338 e. The molecule has 0 radical (unpaired) electrons. The van der Waals surface area contributed by atoms with E-state index in [4.69, 9.17) is 9.52 Å². The Morgan fingerprint density at radius 1 is 1.42 bits per heavy atom. The molecule has 0 aliphatic carbocycles. The van der Waals surface area contributed by atoms with Crippen molar-refractivity contribution in [2.24, 2.45) is 0 Å². The van der Waals surface area contributed by atoms with Crippen LogP contribution in [-0.2, 0) is 0 Å². The van der Waals surface area contributed by atoms with E-state index < -0.39 is 17.3 Å². The molecule has 2 heterocycles. The van der Waals surface area contributed by atoms with Crippen molar-refractivity contribution in [3.8, 4) is 11.6 Å². The van der Waals surface area contributed by atoms with E-state index in [1.54, 1.807) is 19.1 Å². The summed E-state index contributed by atoms with van der Waals surface area (Å²) in [6, 6.07) is 5.83. The average Bonchev–Trinajstić information content (AvgIpc) is 2.93. The number of aromatic carboxylic acids is 1. The number of aromatic nitrogens is 2. The molecule has 2 N–H and O–H groups in total. The molecule has 0 saturated heterocycles. The van der Waals surface area contributed by atoms with Gasteiger partial charge in [-0.25, -0.2) is 14.2 Å². The molecule has 6 heteroatoms. The van der Waals surface area contributed by atoms with E-state index >= 15 is 0 Å². The number of carboxylic acid groups (broad SMARTS) is 1. The molecule has 0 atom stereocenters. The second-order valence-corrected chi connectivity index (χ2v) is 4.15. The van der Waals surface area contributed by atoms with E-state index in [2.05, 4.69) is 9.97 Å². The van der Waals surface area contributed by atoms with Crippen LogP contribution in [0.4, 0.5) is 4.39 Å². The number of benzene rings is 1. The number of imidazole rings is 1. The van der Waals surface area contributed by atoms with Gasteiger partial charge in [0.05, 0.1) is 16.6 Å². The molecule has 0 unspecified atom stereocenters. The van der Waals surface area contributed by atoms with Crippen LogP contribution in [-0.4, -0.2) is 21.0 Å². The second kappa shape index (κ2) is 3.94. The number of furan rings is 1. The number of fused-ring (bicyclic) bond motifs is 1. The molecule has 0 amide bonds. The van der Waals surface area contributed by atoms with Gasteiger partial charge >= 0.3 is 5.97 Å². The summed E-state index contributed by atoms with van der Waals surface area (Å²) in [6.45, 7) is 1.80. The molecule has 5 nitrogen and oxygen atoms in total. The first-order valence-electron chi connectivity index (χ1n) is 5.54. The summed E-state index contributed by atoms with van der Waals surface area (Å²) in [6.07, 6.45) is 0. The summed E-state index contributed by atoms with van der Waals surface area (Å²) < 4.78 is 18.9. The Morgan fingerprint density at radius 3 is 2.84 bits per heavy atom. The topological polar surface area (TPSA) is 79.1 Å². The number of nitrogens with one attached hydrogen (secondary N) is 1. The molecule has 3 rings (SSSR count). The number of H-pyrrole nitrogens is 1. The first-order valence-corrected chi connectivity index (χ1v) is 5.54. The first-order chi connectivity index (χ1) is 9.04. The Balaban J connectivity index is 2.18. The lowest BCUT2D eigenvalue weighted by Crippen LogP contribution is -1.99. The predicted octanol–water partition coefficient (Wildman–Crippen LogP) is 2.97. The lowest BCUT2D eigenvalue weighted by Gasteiger charge is -1.95. The highest BCUT2D eigenvalue weighted by Gasteiger charge is 2.15. The molecule has 0 aliphatic rings. The van der Waals surface area contributed by atoms with Gasteiger partial charge in [-0.15, -0.1) is 0 Å². The first kappa shape index (κ1) is 11.5. The van der Waals surface area contributed by atoms with Gasteiger partial charge in [0.1, 0.15) is 11.6 Å². The highest BCUT2D eigenvalue weighted by Crippen LogP contribution is 2.24. The van der Waals surface area contributed by atoms with Gasteiger partial charge in [-0.2, -0.15) is 0 Å².